The van der Waals surface area contributed by atoms with Crippen LogP contribution >= 0.6 is 11.6 Å². The molecule has 0 spiro atoms. The van der Waals surface area contributed by atoms with Crippen molar-refractivity contribution in [3.63, 3.8) is 0 Å². The number of halogens is 1. The van der Waals surface area contributed by atoms with Crippen molar-refractivity contribution in [1.82, 2.24) is 0 Å². The molecule has 0 amide bonds. The van der Waals surface area contributed by atoms with Gasteiger partial charge >= 0.3 is 0 Å². The van der Waals surface area contributed by atoms with Gasteiger partial charge in [-0.25, -0.2) is 0 Å². The van der Waals surface area contributed by atoms with Gasteiger partial charge in [0, 0.05) is 11.6 Å². The molecule has 1 aromatic rings. The van der Waals surface area contributed by atoms with E-state index in [2.05, 4.69) is 0 Å². The highest BCUT2D eigenvalue weighted by Gasteiger charge is 2.21. The fraction of sp³-hybridized carbons (Fsp3) is 0.400. The summed E-state index contributed by atoms with van der Waals surface area (Å²) in [6.07, 6.45) is 0. The number of nitrogens with two attached hydrogens (primary N) is 1. The van der Waals surface area contributed by atoms with Crippen molar-refractivity contribution >= 4 is 11.6 Å². The van der Waals surface area contributed by atoms with Gasteiger partial charge in [-0.2, -0.15) is 0 Å². The summed E-state index contributed by atoms with van der Waals surface area (Å²) in [5, 5.41) is 10.5. The maximum atomic E-state index is 9.83. The Kier molecular flexibility index (Phi) is 2.96. The van der Waals surface area contributed by atoms with Crippen molar-refractivity contribution in [2.24, 2.45) is 5.73 Å². The van der Waals surface area contributed by atoms with Crippen molar-refractivity contribution in [2.45, 2.75) is 19.4 Å². The second-order valence-corrected chi connectivity index (χ2v) is 3.85. The molecular formula is C10H14ClNO. The molecule has 0 aromatic heterocycles. The predicted molar refractivity (Wildman–Crippen MR) is 54.8 cm³/mol. The summed E-state index contributed by atoms with van der Waals surface area (Å²) in [5.41, 5.74) is 6.20. The van der Waals surface area contributed by atoms with E-state index < -0.39 is 5.60 Å². The third kappa shape index (κ3) is 2.21. The Balaban J connectivity index is 3.10. The number of hydrogen-bond acceptors (Lipinski definition) is 2. The van der Waals surface area contributed by atoms with Crippen LogP contribution in [0.25, 0.3) is 0 Å². The SMILES string of the molecule is Cc1ccc(C(C)(O)CN)cc1Cl. The normalized spacial score (nSPS) is 15.5. The Morgan fingerprint density at radius 1 is 1.54 bits per heavy atom. The van der Waals surface area contributed by atoms with Gasteiger partial charge in [-0.05, 0) is 31.0 Å². The van der Waals surface area contributed by atoms with Gasteiger partial charge in [-0.3, -0.25) is 0 Å². The van der Waals surface area contributed by atoms with E-state index in [-0.39, 0.29) is 6.54 Å². The van der Waals surface area contributed by atoms with E-state index in [1.54, 1.807) is 13.0 Å². The van der Waals surface area contributed by atoms with Gasteiger partial charge < -0.3 is 10.8 Å². The van der Waals surface area contributed by atoms with Crippen molar-refractivity contribution in [3.05, 3.63) is 34.3 Å². The Morgan fingerprint density at radius 3 is 2.62 bits per heavy atom. The van der Waals surface area contributed by atoms with E-state index in [4.69, 9.17) is 17.3 Å². The smallest absolute Gasteiger partial charge is 0.0990 e. The Morgan fingerprint density at radius 2 is 2.15 bits per heavy atom. The monoisotopic (exact) mass is 199 g/mol. The summed E-state index contributed by atoms with van der Waals surface area (Å²) >= 11 is 5.92. The molecule has 0 radical (unpaired) electrons. The lowest BCUT2D eigenvalue weighted by molar-refractivity contribution is 0.0668. The van der Waals surface area contributed by atoms with Gasteiger partial charge in [-0.1, -0.05) is 23.7 Å². The number of aliphatic hydroxyl groups is 1. The van der Waals surface area contributed by atoms with E-state index in [1.807, 2.05) is 19.1 Å². The van der Waals surface area contributed by atoms with Crippen LogP contribution in [0.4, 0.5) is 0 Å². The van der Waals surface area contributed by atoms with E-state index in [9.17, 15) is 5.11 Å². The molecule has 1 rings (SSSR count). The highest BCUT2D eigenvalue weighted by atomic mass is 35.5. The number of aryl methyl sites for hydroxylation is 1. The molecule has 72 valence electrons. The molecule has 2 nitrogen and oxygen atoms in total. The van der Waals surface area contributed by atoms with Crippen LogP contribution in [-0.2, 0) is 5.60 Å². The van der Waals surface area contributed by atoms with Gasteiger partial charge in [0.15, 0.2) is 0 Å². The molecule has 0 aliphatic heterocycles. The van der Waals surface area contributed by atoms with E-state index in [0.29, 0.717) is 5.02 Å². The largest absolute Gasteiger partial charge is 0.384 e. The van der Waals surface area contributed by atoms with Crippen LogP contribution in [0.5, 0.6) is 0 Å². The van der Waals surface area contributed by atoms with E-state index in [0.717, 1.165) is 11.1 Å². The quantitative estimate of drug-likeness (QED) is 0.763. The predicted octanol–water partition coefficient (Wildman–Crippen LogP) is 1.81. The second kappa shape index (κ2) is 3.66. The fourth-order valence-electron chi connectivity index (χ4n) is 1.05. The lowest BCUT2D eigenvalue weighted by Gasteiger charge is -2.22. The van der Waals surface area contributed by atoms with Crippen LogP contribution in [0.1, 0.15) is 18.1 Å². The molecule has 3 N–H and O–H groups in total. The standard InChI is InChI=1S/C10H14ClNO/c1-7-3-4-8(5-9(7)11)10(2,13)6-12/h3-5,13H,6,12H2,1-2H3. The first kappa shape index (κ1) is 10.5. The van der Waals surface area contributed by atoms with Crippen LogP contribution in [0.2, 0.25) is 5.02 Å². The molecule has 0 saturated heterocycles. The van der Waals surface area contributed by atoms with Crippen LogP contribution in [0, 0.1) is 6.92 Å². The molecule has 0 heterocycles. The van der Waals surface area contributed by atoms with Crippen molar-refractivity contribution in [3.8, 4) is 0 Å². The minimum absolute atomic E-state index is 0.187. The van der Waals surface area contributed by atoms with Crippen molar-refractivity contribution in [1.29, 1.82) is 0 Å². The molecule has 0 saturated carbocycles. The Labute approximate surface area is 83.3 Å². The van der Waals surface area contributed by atoms with Crippen molar-refractivity contribution < 1.29 is 5.11 Å². The first-order valence-electron chi connectivity index (χ1n) is 4.16. The lowest BCUT2D eigenvalue weighted by Crippen LogP contribution is -2.31. The average molecular weight is 200 g/mol. The summed E-state index contributed by atoms with van der Waals surface area (Å²) in [6.45, 7) is 3.78. The number of benzene rings is 1. The number of rotatable bonds is 2. The third-order valence-electron chi connectivity index (χ3n) is 2.19. The van der Waals surface area contributed by atoms with Crippen LogP contribution < -0.4 is 5.73 Å². The highest BCUT2D eigenvalue weighted by Crippen LogP contribution is 2.24. The van der Waals surface area contributed by atoms with E-state index >= 15 is 0 Å². The second-order valence-electron chi connectivity index (χ2n) is 3.44. The molecule has 0 aliphatic carbocycles. The van der Waals surface area contributed by atoms with Gasteiger partial charge in [-0.15, -0.1) is 0 Å². The molecule has 1 aromatic carbocycles. The first-order chi connectivity index (χ1) is 5.97. The maximum Gasteiger partial charge on any atom is 0.0990 e. The topological polar surface area (TPSA) is 46.2 Å². The summed E-state index contributed by atoms with van der Waals surface area (Å²) in [4.78, 5) is 0. The molecule has 0 aliphatic rings. The average Bonchev–Trinajstić information content (AvgIpc) is 2.09. The molecular weight excluding hydrogens is 186 g/mol. The molecule has 13 heavy (non-hydrogen) atoms. The first-order valence-corrected chi connectivity index (χ1v) is 4.54. The lowest BCUT2D eigenvalue weighted by atomic mass is 9.95. The third-order valence-corrected chi connectivity index (χ3v) is 2.60. The zero-order valence-corrected chi connectivity index (χ0v) is 8.60. The zero-order valence-electron chi connectivity index (χ0n) is 7.84. The maximum absolute atomic E-state index is 9.83. The summed E-state index contributed by atoms with van der Waals surface area (Å²) in [6, 6.07) is 5.47. The Bertz CT molecular complexity index is 310. The summed E-state index contributed by atoms with van der Waals surface area (Å²) in [7, 11) is 0. The van der Waals surface area contributed by atoms with Gasteiger partial charge in [0.05, 0.1) is 5.60 Å². The highest BCUT2D eigenvalue weighted by molar-refractivity contribution is 6.31. The minimum Gasteiger partial charge on any atom is -0.384 e. The molecule has 3 heteroatoms. The van der Waals surface area contributed by atoms with Crippen LogP contribution in [0.15, 0.2) is 18.2 Å². The number of hydrogen-bond donors (Lipinski definition) is 2. The molecule has 1 atom stereocenters. The molecule has 1 unspecified atom stereocenters. The van der Waals surface area contributed by atoms with Gasteiger partial charge in [0.2, 0.25) is 0 Å². The van der Waals surface area contributed by atoms with E-state index in [1.165, 1.54) is 0 Å². The molecule has 0 bridgehead atoms. The van der Waals surface area contributed by atoms with Crippen molar-refractivity contribution in [2.75, 3.05) is 6.54 Å². The Hall–Kier alpha value is -0.570. The zero-order chi connectivity index (χ0) is 10.1. The minimum atomic E-state index is -0.989. The fourth-order valence-corrected chi connectivity index (χ4v) is 1.23. The van der Waals surface area contributed by atoms with Gasteiger partial charge in [0.25, 0.3) is 0 Å². The molecule has 0 fully saturated rings. The van der Waals surface area contributed by atoms with Gasteiger partial charge in [0.1, 0.15) is 0 Å². The summed E-state index contributed by atoms with van der Waals surface area (Å²) in [5.74, 6) is 0. The summed E-state index contributed by atoms with van der Waals surface area (Å²) < 4.78 is 0. The van der Waals surface area contributed by atoms with Crippen LogP contribution in [0.3, 0.4) is 0 Å². The van der Waals surface area contributed by atoms with Crippen LogP contribution in [-0.4, -0.2) is 11.7 Å².